The van der Waals surface area contributed by atoms with Crippen molar-refractivity contribution in [3.63, 3.8) is 0 Å². The quantitative estimate of drug-likeness (QED) is 0.478. The van der Waals surface area contributed by atoms with E-state index in [1.807, 2.05) is 48.3 Å². The highest BCUT2D eigenvalue weighted by Gasteiger charge is 2.19. The number of aromatic nitrogens is 3. The van der Waals surface area contributed by atoms with Crippen LogP contribution in [0.25, 0.3) is 28.1 Å². The first kappa shape index (κ1) is 15.2. The predicted molar refractivity (Wildman–Crippen MR) is 99.7 cm³/mol. The number of benzene rings is 1. The van der Waals surface area contributed by atoms with Gasteiger partial charge in [0.05, 0.1) is 29.3 Å². The van der Waals surface area contributed by atoms with E-state index in [0.717, 1.165) is 16.6 Å². The van der Waals surface area contributed by atoms with Crippen LogP contribution in [-0.4, -0.2) is 21.6 Å². The smallest absolute Gasteiger partial charge is 0.217 e. The number of fused-ring (bicyclic) bond motifs is 3. The predicted octanol–water partition coefficient (Wildman–Crippen LogP) is 4.38. The lowest BCUT2D eigenvalue weighted by atomic mass is 10.1. The van der Waals surface area contributed by atoms with E-state index in [4.69, 9.17) is 8.83 Å². The highest BCUT2D eigenvalue weighted by atomic mass is 16.3. The minimum Gasteiger partial charge on any atom is -0.461 e. The molecule has 0 bridgehead atoms. The van der Waals surface area contributed by atoms with Gasteiger partial charge < -0.3 is 13.7 Å². The van der Waals surface area contributed by atoms with Crippen LogP contribution in [0, 0.1) is 11.3 Å². The van der Waals surface area contributed by atoms with Crippen LogP contribution >= 0.6 is 0 Å². The Morgan fingerprint density at radius 3 is 2.67 bits per heavy atom. The summed E-state index contributed by atoms with van der Waals surface area (Å²) >= 11 is 0. The van der Waals surface area contributed by atoms with Crippen molar-refractivity contribution in [1.82, 2.24) is 14.6 Å². The highest BCUT2D eigenvalue weighted by molar-refractivity contribution is 5.95. The highest BCUT2D eigenvalue weighted by Crippen LogP contribution is 2.33. The molecule has 0 aliphatic heterocycles. The number of furan rings is 2. The molecule has 0 amide bonds. The zero-order valence-electron chi connectivity index (χ0n) is 14.3. The second-order valence-electron chi connectivity index (χ2n) is 6.04. The summed E-state index contributed by atoms with van der Waals surface area (Å²) in [5, 5.41) is 15.1. The third kappa shape index (κ3) is 2.28. The van der Waals surface area contributed by atoms with Gasteiger partial charge in [-0.1, -0.05) is 12.1 Å². The Bertz CT molecular complexity index is 1290. The maximum absolute atomic E-state index is 9.58. The molecule has 0 radical (unpaired) electrons. The van der Waals surface area contributed by atoms with Gasteiger partial charge in [-0.2, -0.15) is 5.26 Å². The Labute approximate surface area is 153 Å². The second-order valence-corrected chi connectivity index (χ2v) is 6.04. The lowest BCUT2D eigenvalue weighted by Gasteiger charge is -2.18. The molecule has 4 heterocycles. The molecule has 7 nitrogen and oxygen atoms in total. The molecule has 5 aromatic rings. The van der Waals surface area contributed by atoms with Gasteiger partial charge in [-0.25, -0.2) is 9.50 Å². The Hall–Kier alpha value is -4.05. The lowest BCUT2D eigenvalue weighted by Crippen LogP contribution is -2.10. The molecule has 27 heavy (non-hydrogen) atoms. The minimum absolute atomic E-state index is 0.430. The van der Waals surface area contributed by atoms with Crippen molar-refractivity contribution in [3.8, 4) is 17.7 Å². The van der Waals surface area contributed by atoms with E-state index < -0.39 is 0 Å². The van der Waals surface area contributed by atoms with Crippen LogP contribution in [0.5, 0.6) is 0 Å². The van der Waals surface area contributed by atoms with Gasteiger partial charge in [-0.05, 0) is 30.3 Å². The van der Waals surface area contributed by atoms with Gasteiger partial charge in [0.25, 0.3) is 0 Å². The molecule has 0 atom stereocenters. The largest absolute Gasteiger partial charge is 0.461 e. The molecule has 4 aromatic heterocycles. The first-order valence-electron chi connectivity index (χ1n) is 8.30. The molecule has 5 rings (SSSR count). The van der Waals surface area contributed by atoms with E-state index in [1.54, 1.807) is 29.2 Å². The van der Waals surface area contributed by atoms with Gasteiger partial charge >= 0.3 is 0 Å². The molecule has 7 heteroatoms. The van der Waals surface area contributed by atoms with Crippen molar-refractivity contribution in [2.45, 2.75) is 0 Å². The summed E-state index contributed by atoms with van der Waals surface area (Å²) in [5.41, 5.74) is 2.64. The molecule has 0 saturated carbocycles. The van der Waals surface area contributed by atoms with Crippen molar-refractivity contribution >= 4 is 28.1 Å². The molecule has 0 aliphatic rings. The summed E-state index contributed by atoms with van der Waals surface area (Å²) < 4.78 is 12.7. The van der Waals surface area contributed by atoms with Crippen LogP contribution < -0.4 is 4.90 Å². The van der Waals surface area contributed by atoms with Crippen LogP contribution in [0.15, 0.2) is 69.9 Å². The van der Waals surface area contributed by atoms with Crippen LogP contribution in [0.2, 0.25) is 0 Å². The normalized spacial score (nSPS) is 11.1. The topological polar surface area (TPSA) is 83.5 Å². The first-order chi connectivity index (χ1) is 13.3. The third-order valence-corrected chi connectivity index (χ3v) is 4.47. The average molecular weight is 355 g/mol. The zero-order valence-corrected chi connectivity index (χ0v) is 14.3. The standard InChI is InChI=1S/C20H13N5O2/c1-24(17-8-4-10-27-17)15-6-2-5-13-11-14(12-21)20-22-19(16-7-3-9-26-16)23-25(20)18(13)15/h2-11H,1H3. The summed E-state index contributed by atoms with van der Waals surface area (Å²) in [6, 6.07) is 17.2. The maximum Gasteiger partial charge on any atom is 0.217 e. The zero-order chi connectivity index (χ0) is 18.4. The molecule has 0 N–H and O–H groups in total. The van der Waals surface area contributed by atoms with Crippen molar-refractivity contribution in [2.24, 2.45) is 0 Å². The summed E-state index contributed by atoms with van der Waals surface area (Å²) in [6.07, 6.45) is 3.20. The Morgan fingerprint density at radius 1 is 1.07 bits per heavy atom. The third-order valence-electron chi connectivity index (χ3n) is 4.47. The molecule has 0 fully saturated rings. The van der Waals surface area contributed by atoms with Crippen molar-refractivity contribution in [2.75, 3.05) is 11.9 Å². The van der Waals surface area contributed by atoms with Crippen LogP contribution in [0.1, 0.15) is 5.56 Å². The van der Waals surface area contributed by atoms with Crippen LogP contribution in [0.3, 0.4) is 0 Å². The SMILES string of the molecule is CN(c1ccco1)c1cccc2cc(C#N)c3nc(-c4ccco4)nn3c12. The van der Waals surface area contributed by atoms with Crippen molar-refractivity contribution < 1.29 is 8.83 Å². The van der Waals surface area contributed by atoms with Crippen molar-refractivity contribution in [3.05, 3.63) is 66.6 Å². The van der Waals surface area contributed by atoms with Gasteiger partial charge in [0.1, 0.15) is 6.07 Å². The molecule has 0 saturated heterocycles. The first-order valence-corrected chi connectivity index (χ1v) is 8.30. The number of anilines is 2. The number of nitriles is 1. The molecule has 0 aliphatic carbocycles. The summed E-state index contributed by atoms with van der Waals surface area (Å²) in [4.78, 5) is 6.47. The number of nitrogens with zero attached hydrogens (tertiary/aromatic N) is 5. The summed E-state index contributed by atoms with van der Waals surface area (Å²) in [5.74, 6) is 1.68. The van der Waals surface area contributed by atoms with Gasteiger partial charge in [0.15, 0.2) is 17.3 Å². The van der Waals surface area contributed by atoms with E-state index >= 15 is 0 Å². The molecule has 1 aromatic carbocycles. The Balaban J connectivity index is 1.85. The van der Waals surface area contributed by atoms with Crippen LogP contribution in [-0.2, 0) is 0 Å². The van der Waals surface area contributed by atoms with Gasteiger partial charge in [0, 0.05) is 18.5 Å². The Morgan fingerprint density at radius 2 is 1.93 bits per heavy atom. The van der Waals surface area contributed by atoms with E-state index in [9.17, 15) is 5.26 Å². The van der Waals surface area contributed by atoms with Crippen molar-refractivity contribution in [1.29, 1.82) is 5.26 Å². The number of para-hydroxylation sites is 1. The van der Waals surface area contributed by atoms with E-state index in [2.05, 4.69) is 16.2 Å². The molecule has 0 unspecified atom stereocenters. The lowest BCUT2D eigenvalue weighted by molar-refractivity contribution is 0.570. The van der Waals surface area contributed by atoms with Gasteiger partial charge in [-0.3, -0.25) is 0 Å². The van der Waals surface area contributed by atoms with E-state index in [1.165, 1.54) is 0 Å². The fraction of sp³-hybridized carbons (Fsp3) is 0.0500. The fourth-order valence-corrected chi connectivity index (χ4v) is 3.20. The minimum atomic E-state index is 0.430. The Kier molecular flexibility index (Phi) is 3.24. The molecular formula is C20H13N5O2. The molecular weight excluding hydrogens is 342 g/mol. The maximum atomic E-state index is 9.58. The molecule has 0 spiro atoms. The summed E-state index contributed by atoms with van der Waals surface area (Å²) in [6.45, 7) is 0. The van der Waals surface area contributed by atoms with Gasteiger partial charge in [-0.15, -0.1) is 5.10 Å². The molecule has 130 valence electrons. The summed E-state index contributed by atoms with van der Waals surface area (Å²) in [7, 11) is 1.92. The number of hydrogen-bond donors (Lipinski definition) is 0. The van der Waals surface area contributed by atoms with E-state index in [-0.39, 0.29) is 0 Å². The van der Waals surface area contributed by atoms with Crippen LogP contribution in [0.4, 0.5) is 11.6 Å². The monoisotopic (exact) mass is 355 g/mol. The average Bonchev–Trinajstić information content (AvgIpc) is 3.46. The number of hydrogen-bond acceptors (Lipinski definition) is 6. The number of pyridine rings is 1. The fourth-order valence-electron chi connectivity index (χ4n) is 3.20. The number of rotatable bonds is 3. The second kappa shape index (κ2) is 5.75. The van der Waals surface area contributed by atoms with Gasteiger partial charge in [0.2, 0.25) is 5.82 Å². The van der Waals surface area contributed by atoms with E-state index in [0.29, 0.717) is 28.7 Å².